The highest BCUT2D eigenvalue weighted by molar-refractivity contribution is 5.96. The molecule has 28 heavy (non-hydrogen) atoms. The normalized spacial score (nSPS) is 18.6. The van der Waals surface area contributed by atoms with E-state index in [2.05, 4.69) is 16.0 Å². The molecular weight excluding hydrogens is 390 g/mol. The summed E-state index contributed by atoms with van der Waals surface area (Å²) in [5, 5.41) is 8.55. The van der Waals surface area contributed by atoms with Crippen LogP contribution in [0.25, 0.3) is 0 Å². The number of hydrogen-bond acceptors (Lipinski definition) is 3. The summed E-state index contributed by atoms with van der Waals surface area (Å²) in [7, 11) is 0. The number of nitrogens with one attached hydrogen (secondary N) is 3. The smallest absolute Gasteiger partial charge is 0.316 e. The van der Waals surface area contributed by atoms with Crippen molar-refractivity contribution in [2.75, 3.05) is 18.4 Å². The summed E-state index contributed by atoms with van der Waals surface area (Å²) in [6, 6.07) is 9.20. The minimum Gasteiger partial charge on any atom is -0.351 e. The standard InChI is InChI=1S/C19H20F2N4O2.ClH/c20-15-5-4-11(9-16(15)21)14-6-7-23-10-17(14)25-18(26)12-2-1-3-13(8-12)24-19(22)27;/h1-5,8-9,14,17,23H,6-7,10H2,(H,25,26)(H3,22,24,27);1H. The van der Waals surface area contributed by atoms with Gasteiger partial charge in [0.1, 0.15) is 0 Å². The van der Waals surface area contributed by atoms with Crippen molar-refractivity contribution in [1.82, 2.24) is 10.6 Å². The molecule has 9 heteroatoms. The number of urea groups is 1. The molecular formula is C19H21ClF2N4O2. The van der Waals surface area contributed by atoms with E-state index in [1.807, 2.05) is 0 Å². The molecule has 5 N–H and O–H groups in total. The third-order valence-corrected chi connectivity index (χ3v) is 4.56. The molecule has 3 amide bonds. The summed E-state index contributed by atoms with van der Waals surface area (Å²) < 4.78 is 26.8. The van der Waals surface area contributed by atoms with E-state index in [0.717, 1.165) is 6.07 Å². The van der Waals surface area contributed by atoms with Gasteiger partial charge in [0.05, 0.1) is 0 Å². The maximum atomic E-state index is 13.6. The third-order valence-electron chi connectivity index (χ3n) is 4.56. The molecule has 0 radical (unpaired) electrons. The van der Waals surface area contributed by atoms with E-state index < -0.39 is 17.7 Å². The summed E-state index contributed by atoms with van der Waals surface area (Å²) in [5.41, 5.74) is 6.50. The van der Waals surface area contributed by atoms with Crippen LogP contribution >= 0.6 is 12.4 Å². The molecule has 0 spiro atoms. The number of nitrogens with two attached hydrogens (primary N) is 1. The van der Waals surface area contributed by atoms with Crippen molar-refractivity contribution in [3.8, 4) is 0 Å². The first-order valence-electron chi connectivity index (χ1n) is 8.57. The first-order valence-corrected chi connectivity index (χ1v) is 8.57. The van der Waals surface area contributed by atoms with Crippen molar-refractivity contribution in [1.29, 1.82) is 0 Å². The number of benzene rings is 2. The average molecular weight is 411 g/mol. The van der Waals surface area contributed by atoms with Crippen LogP contribution in [0, 0.1) is 11.6 Å². The SMILES string of the molecule is Cl.NC(=O)Nc1cccc(C(=O)NC2CNCCC2c2ccc(F)c(F)c2)c1. The second-order valence-electron chi connectivity index (χ2n) is 6.42. The van der Waals surface area contributed by atoms with Crippen molar-refractivity contribution in [2.45, 2.75) is 18.4 Å². The zero-order valence-electron chi connectivity index (χ0n) is 14.9. The maximum absolute atomic E-state index is 13.6. The van der Waals surface area contributed by atoms with Gasteiger partial charge < -0.3 is 21.7 Å². The van der Waals surface area contributed by atoms with Crippen LogP contribution in [0.5, 0.6) is 0 Å². The van der Waals surface area contributed by atoms with Crippen LogP contribution in [0.4, 0.5) is 19.3 Å². The molecule has 2 aromatic rings. The van der Waals surface area contributed by atoms with Crippen molar-refractivity contribution in [2.24, 2.45) is 5.73 Å². The molecule has 1 saturated heterocycles. The van der Waals surface area contributed by atoms with Gasteiger partial charge in [0.2, 0.25) is 0 Å². The molecule has 3 rings (SSSR count). The lowest BCUT2D eigenvalue weighted by molar-refractivity contribution is 0.0924. The highest BCUT2D eigenvalue weighted by atomic mass is 35.5. The quantitative estimate of drug-likeness (QED) is 0.624. The van der Waals surface area contributed by atoms with E-state index in [0.29, 0.717) is 36.3 Å². The molecule has 0 bridgehead atoms. The maximum Gasteiger partial charge on any atom is 0.316 e. The first-order chi connectivity index (χ1) is 12.9. The van der Waals surface area contributed by atoms with Crippen LogP contribution < -0.4 is 21.7 Å². The largest absolute Gasteiger partial charge is 0.351 e. The molecule has 1 aliphatic rings. The fourth-order valence-electron chi connectivity index (χ4n) is 3.28. The van der Waals surface area contributed by atoms with Gasteiger partial charge >= 0.3 is 6.03 Å². The summed E-state index contributed by atoms with van der Waals surface area (Å²) in [6.07, 6.45) is 0.680. The number of primary amides is 1. The Balaban J connectivity index is 0.00000280. The molecule has 0 aromatic heterocycles. The summed E-state index contributed by atoms with van der Waals surface area (Å²) >= 11 is 0. The van der Waals surface area contributed by atoms with Crippen LogP contribution in [0.2, 0.25) is 0 Å². The Morgan fingerprint density at radius 2 is 1.89 bits per heavy atom. The number of carbonyl (C=O) groups is 2. The van der Waals surface area contributed by atoms with E-state index in [1.54, 1.807) is 24.3 Å². The Labute approximate surface area is 167 Å². The number of carbonyl (C=O) groups excluding carboxylic acids is 2. The molecule has 1 aliphatic heterocycles. The third kappa shape index (κ3) is 5.17. The van der Waals surface area contributed by atoms with Gasteiger partial charge in [0.25, 0.3) is 5.91 Å². The summed E-state index contributed by atoms with van der Waals surface area (Å²) in [6.45, 7) is 1.22. The van der Waals surface area contributed by atoms with Crippen LogP contribution in [-0.4, -0.2) is 31.1 Å². The van der Waals surface area contributed by atoms with Crippen molar-refractivity contribution < 1.29 is 18.4 Å². The molecule has 0 aliphatic carbocycles. The predicted octanol–water partition coefficient (Wildman–Crippen LogP) is 2.75. The van der Waals surface area contributed by atoms with Gasteiger partial charge in [-0.1, -0.05) is 12.1 Å². The molecule has 6 nitrogen and oxygen atoms in total. The van der Waals surface area contributed by atoms with E-state index in [-0.39, 0.29) is 30.3 Å². The lowest BCUT2D eigenvalue weighted by atomic mass is 9.85. The minimum absolute atomic E-state index is 0. The van der Waals surface area contributed by atoms with E-state index in [9.17, 15) is 18.4 Å². The summed E-state index contributed by atoms with van der Waals surface area (Å²) in [5.74, 6) is -2.27. The van der Waals surface area contributed by atoms with E-state index in [4.69, 9.17) is 5.73 Å². The molecule has 2 aromatic carbocycles. The predicted molar refractivity (Wildman–Crippen MR) is 105 cm³/mol. The molecule has 2 unspecified atom stereocenters. The van der Waals surface area contributed by atoms with Crippen LogP contribution in [-0.2, 0) is 0 Å². The lowest BCUT2D eigenvalue weighted by Gasteiger charge is -2.33. The van der Waals surface area contributed by atoms with Crippen molar-refractivity contribution >= 4 is 30.0 Å². The Hall–Kier alpha value is -2.71. The van der Waals surface area contributed by atoms with Gasteiger partial charge in [0, 0.05) is 29.8 Å². The van der Waals surface area contributed by atoms with Crippen LogP contribution in [0.3, 0.4) is 0 Å². The molecule has 1 heterocycles. The van der Waals surface area contributed by atoms with Gasteiger partial charge in [-0.3, -0.25) is 4.79 Å². The first kappa shape index (κ1) is 21.6. The Kier molecular flexibility index (Phi) is 7.31. The van der Waals surface area contributed by atoms with Gasteiger partial charge in [-0.2, -0.15) is 0 Å². The molecule has 150 valence electrons. The van der Waals surface area contributed by atoms with Gasteiger partial charge in [0.15, 0.2) is 11.6 Å². The monoisotopic (exact) mass is 410 g/mol. The fourth-order valence-corrected chi connectivity index (χ4v) is 3.28. The topological polar surface area (TPSA) is 96.2 Å². The molecule has 2 atom stereocenters. The lowest BCUT2D eigenvalue weighted by Crippen LogP contribution is -2.50. The van der Waals surface area contributed by atoms with Crippen molar-refractivity contribution in [3.05, 3.63) is 65.2 Å². The second kappa shape index (κ2) is 9.48. The zero-order valence-corrected chi connectivity index (χ0v) is 15.7. The Morgan fingerprint density at radius 1 is 1.11 bits per heavy atom. The van der Waals surface area contributed by atoms with E-state index in [1.165, 1.54) is 12.1 Å². The average Bonchev–Trinajstić information content (AvgIpc) is 2.64. The highest BCUT2D eigenvalue weighted by Crippen LogP contribution is 2.27. The van der Waals surface area contributed by atoms with Gasteiger partial charge in [-0.05, 0) is 48.9 Å². The number of amides is 3. The van der Waals surface area contributed by atoms with Crippen LogP contribution in [0.1, 0.15) is 28.3 Å². The fraction of sp³-hybridized carbons (Fsp3) is 0.263. The number of rotatable bonds is 4. The van der Waals surface area contributed by atoms with Crippen LogP contribution in [0.15, 0.2) is 42.5 Å². The summed E-state index contributed by atoms with van der Waals surface area (Å²) in [4.78, 5) is 23.6. The number of hydrogen-bond donors (Lipinski definition) is 4. The number of anilines is 1. The van der Waals surface area contributed by atoms with Crippen molar-refractivity contribution in [3.63, 3.8) is 0 Å². The van der Waals surface area contributed by atoms with Gasteiger partial charge in [-0.25, -0.2) is 13.6 Å². The Bertz CT molecular complexity index is 866. The molecule has 1 fully saturated rings. The van der Waals surface area contributed by atoms with E-state index >= 15 is 0 Å². The van der Waals surface area contributed by atoms with Gasteiger partial charge in [-0.15, -0.1) is 12.4 Å². The minimum atomic E-state index is -0.902. The number of piperidine rings is 1. The molecule has 0 saturated carbocycles. The second-order valence-corrected chi connectivity index (χ2v) is 6.42. The highest BCUT2D eigenvalue weighted by Gasteiger charge is 2.28. The number of halogens is 3. The zero-order chi connectivity index (χ0) is 19.4. The Morgan fingerprint density at radius 3 is 2.61 bits per heavy atom.